The van der Waals surface area contributed by atoms with Gasteiger partial charge in [0.1, 0.15) is 0 Å². The molecule has 1 saturated heterocycles. The first kappa shape index (κ1) is 21.9. The van der Waals surface area contributed by atoms with Crippen molar-refractivity contribution >= 4 is 52.1 Å². The van der Waals surface area contributed by atoms with Crippen molar-refractivity contribution in [1.82, 2.24) is 9.88 Å². The highest BCUT2D eigenvalue weighted by molar-refractivity contribution is 8.01. The molecule has 8 heteroatoms. The maximum absolute atomic E-state index is 12.7. The molecule has 2 aromatic carbocycles. The smallest absolute Gasteiger partial charge is 0.228 e. The quantitative estimate of drug-likeness (QED) is 0.370. The molecule has 1 fully saturated rings. The van der Waals surface area contributed by atoms with Gasteiger partial charge in [-0.1, -0.05) is 65.8 Å². The van der Waals surface area contributed by atoms with E-state index in [2.05, 4.69) is 9.88 Å². The number of hydrogen-bond acceptors (Lipinski definition) is 6. The normalized spacial score (nSPS) is 14.0. The van der Waals surface area contributed by atoms with Crippen molar-refractivity contribution < 1.29 is 9.59 Å². The number of thiazole rings is 1. The minimum absolute atomic E-state index is 0.0785. The zero-order valence-electron chi connectivity index (χ0n) is 16.9. The van der Waals surface area contributed by atoms with Gasteiger partial charge in [0.25, 0.3) is 0 Å². The third-order valence-electron chi connectivity index (χ3n) is 5.11. The van der Waals surface area contributed by atoms with Gasteiger partial charge in [0.05, 0.1) is 28.6 Å². The van der Waals surface area contributed by atoms with Gasteiger partial charge in [-0.25, -0.2) is 4.98 Å². The molecule has 0 radical (unpaired) electrons. The highest BCUT2D eigenvalue weighted by atomic mass is 35.5. The van der Waals surface area contributed by atoms with Crippen LogP contribution in [-0.2, 0) is 11.2 Å². The molecule has 160 valence electrons. The lowest BCUT2D eigenvalue weighted by Crippen LogP contribution is -2.49. The number of carbonyl (C=O) groups excluding carboxylic acids is 2. The molecule has 0 aliphatic carbocycles. The number of benzene rings is 2. The fourth-order valence-electron chi connectivity index (χ4n) is 3.44. The van der Waals surface area contributed by atoms with E-state index < -0.39 is 0 Å². The first-order chi connectivity index (χ1) is 15.1. The van der Waals surface area contributed by atoms with Crippen LogP contribution in [0.25, 0.3) is 0 Å². The van der Waals surface area contributed by atoms with Crippen LogP contribution >= 0.6 is 34.7 Å². The summed E-state index contributed by atoms with van der Waals surface area (Å²) < 4.78 is 0.815. The van der Waals surface area contributed by atoms with Crippen LogP contribution in [0, 0.1) is 0 Å². The number of nitrogens with zero attached hydrogens (tertiary/aromatic N) is 3. The lowest BCUT2D eigenvalue weighted by atomic mass is 10.2. The van der Waals surface area contributed by atoms with Gasteiger partial charge in [0, 0.05) is 37.1 Å². The molecule has 0 N–H and O–H groups in total. The highest BCUT2D eigenvalue weighted by Crippen LogP contribution is 2.27. The Morgan fingerprint density at radius 2 is 1.71 bits per heavy atom. The number of ketones is 1. The van der Waals surface area contributed by atoms with Gasteiger partial charge in [0.2, 0.25) is 5.91 Å². The predicted molar refractivity (Wildman–Crippen MR) is 128 cm³/mol. The summed E-state index contributed by atoms with van der Waals surface area (Å²) in [7, 11) is 0. The minimum Gasteiger partial charge on any atom is -0.367 e. The monoisotopic (exact) mass is 471 g/mol. The SMILES string of the molecule is O=C(CSc1nc(CC(=O)N2CCN(c3ccccc3Cl)CC2)cs1)c1ccccc1. The number of hydrogen-bond donors (Lipinski definition) is 0. The number of para-hydroxylation sites is 1. The lowest BCUT2D eigenvalue weighted by molar-refractivity contribution is -0.130. The average Bonchev–Trinajstić information content (AvgIpc) is 3.25. The topological polar surface area (TPSA) is 53.5 Å². The Kier molecular flexibility index (Phi) is 7.27. The molecule has 4 rings (SSSR count). The van der Waals surface area contributed by atoms with E-state index in [0.29, 0.717) is 24.4 Å². The molecule has 5 nitrogen and oxygen atoms in total. The lowest BCUT2D eigenvalue weighted by Gasteiger charge is -2.36. The van der Waals surface area contributed by atoms with E-state index in [1.807, 2.05) is 64.9 Å². The van der Waals surface area contributed by atoms with E-state index >= 15 is 0 Å². The number of halogens is 1. The number of Topliss-reactive ketones (excluding diaryl/α,β-unsaturated/α-hetero) is 1. The van der Waals surface area contributed by atoms with Crippen LogP contribution in [0.15, 0.2) is 64.3 Å². The van der Waals surface area contributed by atoms with Gasteiger partial charge in [-0.2, -0.15) is 0 Å². The van der Waals surface area contributed by atoms with E-state index in [0.717, 1.165) is 33.8 Å². The number of anilines is 1. The molecule has 0 atom stereocenters. The van der Waals surface area contributed by atoms with Crippen molar-refractivity contribution in [2.24, 2.45) is 0 Å². The van der Waals surface area contributed by atoms with Crippen LogP contribution in [0.4, 0.5) is 5.69 Å². The van der Waals surface area contributed by atoms with Gasteiger partial charge in [0.15, 0.2) is 10.1 Å². The largest absolute Gasteiger partial charge is 0.367 e. The Labute approximate surface area is 195 Å². The molecule has 1 aliphatic rings. The van der Waals surface area contributed by atoms with E-state index in [4.69, 9.17) is 11.6 Å². The summed E-state index contributed by atoms with van der Waals surface area (Å²) in [5.74, 6) is 0.505. The molecule has 1 aromatic heterocycles. The van der Waals surface area contributed by atoms with Gasteiger partial charge < -0.3 is 9.80 Å². The van der Waals surface area contributed by atoms with Crippen LogP contribution < -0.4 is 4.90 Å². The molecule has 0 unspecified atom stereocenters. The number of carbonyl (C=O) groups is 2. The maximum atomic E-state index is 12.7. The van der Waals surface area contributed by atoms with Crippen LogP contribution in [0.5, 0.6) is 0 Å². The maximum Gasteiger partial charge on any atom is 0.228 e. The van der Waals surface area contributed by atoms with Crippen LogP contribution in [0.2, 0.25) is 5.02 Å². The summed E-state index contributed by atoms with van der Waals surface area (Å²) in [6, 6.07) is 17.0. The third kappa shape index (κ3) is 5.67. The molecular weight excluding hydrogens is 450 g/mol. The molecule has 31 heavy (non-hydrogen) atoms. The number of piperazine rings is 1. The van der Waals surface area contributed by atoms with E-state index in [1.54, 1.807) is 0 Å². The number of rotatable bonds is 7. The average molecular weight is 472 g/mol. The molecule has 0 saturated carbocycles. The molecule has 0 spiro atoms. The third-order valence-corrected chi connectivity index (χ3v) is 7.50. The summed E-state index contributed by atoms with van der Waals surface area (Å²) >= 11 is 9.19. The number of thioether (sulfide) groups is 1. The summed E-state index contributed by atoms with van der Waals surface area (Å²) in [5, 5.41) is 2.65. The Morgan fingerprint density at radius 3 is 2.45 bits per heavy atom. The van der Waals surface area contributed by atoms with Crippen LogP contribution in [-0.4, -0.2) is 53.5 Å². The fourth-order valence-corrected chi connectivity index (χ4v) is 5.44. The van der Waals surface area contributed by atoms with Gasteiger partial charge in [-0.3, -0.25) is 9.59 Å². The standard InChI is InChI=1S/C23H22ClN3O2S2/c24-19-8-4-5-9-20(19)26-10-12-27(13-11-26)22(29)14-18-15-30-23(25-18)31-16-21(28)17-6-2-1-3-7-17/h1-9,15H,10-14,16H2. The zero-order chi connectivity index (χ0) is 21.6. The predicted octanol–water partition coefficient (Wildman–Crippen LogP) is 4.66. The molecule has 1 aliphatic heterocycles. The van der Waals surface area contributed by atoms with Crippen molar-refractivity contribution in [3.63, 3.8) is 0 Å². The van der Waals surface area contributed by atoms with Crippen LogP contribution in [0.3, 0.4) is 0 Å². The fraction of sp³-hybridized carbons (Fsp3) is 0.261. The summed E-state index contributed by atoms with van der Waals surface area (Å²) in [6.45, 7) is 2.85. The summed E-state index contributed by atoms with van der Waals surface area (Å²) in [5.41, 5.74) is 2.48. The van der Waals surface area contributed by atoms with Crippen molar-refractivity contribution in [3.8, 4) is 0 Å². The molecule has 2 heterocycles. The molecule has 1 amide bonds. The Balaban J connectivity index is 1.26. The molecular formula is C23H22ClN3O2S2. The van der Waals surface area contributed by atoms with Crippen LogP contribution in [0.1, 0.15) is 16.1 Å². The second-order valence-electron chi connectivity index (χ2n) is 7.18. The second kappa shape index (κ2) is 10.3. The van der Waals surface area contributed by atoms with Crippen molar-refractivity contribution in [3.05, 3.63) is 76.3 Å². The van der Waals surface area contributed by atoms with E-state index in [-0.39, 0.29) is 18.1 Å². The Hall–Kier alpha value is -2.35. The van der Waals surface area contributed by atoms with Crippen molar-refractivity contribution in [2.45, 2.75) is 10.8 Å². The molecule has 3 aromatic rings. The first-order valence-corrected chi connectivity index (χ1v) is 12.3. The molecule has 0 bridgehead atoms. The van der Waals surface area contributed by atoms with E-state index in [1.165, 1.54) is 23.1 Å². The summed E-state index contributed by atoms with van der Waals surface area (Å²) in [6.07, 6.45) is 0.287. The first-order valence-electron chi connectivity index (χ1n) is 10.0. The zero-order valence-corrected chi connectivity index (χ0v) is 19.3. The second-order valence-corrected chi connectivity index (χ2v) is 9.67. The van der Waals surface area contributed by atoms with Gasteiger partial charge in [-0.15, -0.1) is 11.3 Å². The number of amides is 1. The Bertz CT molecular complexity index is 1050. The van der Waals surface area contributed by atoms with Gasteiger partial charge in [-0.05, 0) is 12.1 Å². The van der Waals surface area contributed by atoms with Gasteiger partial charge >= 0.3 is 0 Å². The minimum atomic E-state index is 0.0785. The van der Waals surface area contributed by atoms with Crippen molar-refractivity contribution in [1.29, 1.82) is 0 Å². The Morgan fingerprint density at radius 1 is 1.00 bits per heavy atom. The summed E-state index contributed by atoms with van der Waals surface area (Å²) in [4.78, 5) is 33.6. The van der Waals surface area contributed by atoms with E-state index in [9.17, 15) is 9.59 Å². The van der Waals surface area contributed by atoms with Crippen molar-refractivity contribution in [2.75, 3.05) is 36.8 Å². The highest BCUT2D eigenvalue weighted by Gasteiger charge is 2.23. The number of aromatic nitrogens is 1.